The second kappa shape index (κ2) is 8.18. The molecule has 0 spiro atoms. The van der Waals surface area contributed by atoms with Gasteiger partial charge >= 0.3 is 0 Å². The quantitative estimate of drug-likeness (QED) is 0.777. The van der Waals surface area contributed by atoms with E-state index in [2.05, 4.69) is 29.5 Å². The standard InChI is InChI=1S/C17H19Cl2N3O/c1-11(2)6-8-21-17(23)15-10-12(7-9-20-15)22-14-5-3-4-13(18)16(14)19/h3-5,7,9-11H,6,8H2,1-2H3,(H,20,22)(H,21,23). The van der Waals surface area contributed by atoms with E-state index in [0.29, 0.717) is 33.9 Å². The molecule has 0 aliphatic rings. The summed E-state index contributed by atoms with van der Waals surface area (Å²) in [7, 11) is 0. The van der Waals surface area contributed by atoms with Gasteiger partial charge < -0.3 is 10.6 Å². The van der Waals surface area contributed by atoms with E-state index in [1.165, 1.54) is 0 Å². The van der Waals surface area contributed by atoms with Crippen LogP contribution in [0.5, 0.6) is 0 Å². The molecule has 1 aromatic carbocycles. The summed E-state index contributed by atoms with van der Waals surface area (Å²) in [5.74, 6) is 0.354. The Bertz CT molecular complexity index is 689. The minimum atomic E-state index is -0.188. The molecule has 0 fully saturated rings. The van der Waals surface area contributed by atoms with Gasteiger partial charge in [-0.25, -0.2) is 0 Å². The highest BCUT2D eigenvalue weighted by Gasteiger charge is 2.09. The second-order valence-electron chi connectivity index (χ2n) is 5.59. The van der Waals surface area contributed by atoms with Gasteiger partial charge in [0.05, 0.1) is 15.7 Å². The molecule has 0 aliphatic heterocycles. The summed E-state index contributed by atoms with van der Waals surface area (Å²) < 4.78 is 0. The molecule has 122 valence electrons. The van der Waals surface area contributed by atoms with Gasteiger partial charge in [0.15, 0.2) is 0 Å². The molecular weight excluding hydrogens is 333 g/mol. The Morgan fingerprint density at radius 1 is 1.26 bits per heavy atom. The summed E-state index contributed by atoms with van der Waals surface area (Å²) in [6, 6.07) is 8.79. The van der Waals surface area contributed by atoms with Crippen LogP contribution in [0.1, 0.15) is 30.8 Å². The zero-order valence-electron chi connectivity index (χ0n) is 13.1. The predicted molar refractivity (Wildman–Crippen MR) is 95.8 cm³/mol. The van der Waals surface area contributed by atoms with Gasteiger partial charge in [0.25, 0.3) is 5.91 Å². The van der Waals surface area contributed by atoms with Gasteiger partial charge in [0.1, 0.15) is 5.69 Å². The SMILES string of the molecule is CC(C)CCNC(=O)c1cc(Nc2cccc(Cl)c2Cl)ccn1. The Labute approximate surface area is 146 Å². The van der Waals surface area contributed by atoms with E-state index < -0.39 is 0 Å². The minimum Gasteiger partial charge on any atom is -0.354 e. The fourth-order valence-corrected chi connectivity index (χ4v) is 2.30. The highest BCUT2D eigenvalue weighted by molar-refractivity contribution is 6.43. The average Bonchev–Trinajstić information content (AvgIpc) is 2.52. The van der Waals surface area contributed by atoms with Crippen LogP contribution in [0, 0.1) is 5.92 Å². The van der Waals surface area contributed by atoms with Gasteiger partial charge in [-0.2, -0.15) is 0 Å². The fraction of sp³-hybridized carbons (Fsp3) is 0.294. The number of amides is 1. The van der Waals surface area contributed by atoms with Crippen molar-refractivity contribution in [3.05, 3.63) is 52.3 Å². The number of anilines is 2. The van der Waals surface area contributed by atoms with E-state index >= 15 is 0 Å². The molecule has 0 atom stereocenters. The largest absolute Gasteiger partial charge is 0.354 e. The lowest BCUT2D eigenvalue weighted by molar-refractivity contribution is 0.0947. The molecule has 1 aromatic heterocycles. The van der Waals surface area contributed by atoms with Crippen LogP contribution in [0.15, 0.2) is 36.5 Å². The Kier molecular flexibility index (Phi) is 6.25. The van der Waals surface area contributed by atoms with Crippen molar-refractivity contribution < 1.29 is 4.79 Å². The van der Waals surface area contributed by atoms with Crippen LogP contribution in [0.2, 0.25) is 10.0 Å². The van der Waals surface area contributed by atoms with Crippen molar-refractivity contribution in [1.29, 1.82) is 0 Å². The van der Waals surface area contributed by atoms with Crippen LogP contribution in [0.25, 0.3) is 0 Å². The zero-order chi connectivity index (χ0) is 16.8. The number of carbonyl (C=O) groups excluding carboxylic acids is 1. The topological polar surface area (TPSA) is 54.0 Å². The van der Waals surface area contributed by atoms with Crippen LogP contribution >= 0.6 is 23.2 Å². The third-order valence-electron chi connectivity index (χ3n) is 3.23. The second-order valence-corrected chi connectivity index (χ2v) is 6.38. The highest BCUT2D eigenvalue weighted by Crippen LogP contribution is 2.31. The normalized spacial score (nSPS) is 10.7. The number of nitrogens with zero attached hydrogens (tertiary/aromatic N) is 1. The molecule has 2 aromatic rings. The maximum absolute atomic E-state index is 12.1. The van der Waals surface area contributed by atoms with Gasteiger partial charge in [0, 0.05) is 18.4 Å². The molecule has 1 heterocycles. The molecule has 0 bridgehead atoms. The first kappa shape index (κ1) is 17.6. The van der Waals surface area contributed by atoms with Crippen LogP contribution in [0.4, 0.5) is 11.4 Å². The van der Waals surface area contributed by atoms with E-state index in [9.17, 15) is 4.79 Å². The Morgan fingerprint density at radius 2 is 2.04 bits per heavy atom. The number of rotatable bonds is 6. The summed E-state index contributed by atoms with van der Waals surface area (Å²) in [6.07, 6.45) is 2.51. The summed E-state index contributed by atoms with van der Waals surface area (Å²) in [4.78, 5) is 16.2. The molecule has 0 saturated heterocycles. The minimum absolute atomic E-state index is 0.188. The third-order valence-corrected chi connectivity index (χ3v) is 4.05. The van der Waals surface area contributed by atoms with Gasteiger partial charge in [-0.05, 0) is 36.6 Å². The maximum atomic E-state index is 12.1. The molecule has 1 amide bonds. The number of nitrogens with one attached hydrogen (secondary N) is 2. The molecule has 0 saturated carbocycles. The molecule has 2 N–H and O–H groups in total. The lowest BCUT2D eigenvalue weighted by Crippen LogP contribution is -2.26. The summed E-state index contributed by atoms with van der Waals surface area (Å²) in [6.45, 7) is 4.86. The third kappa shape index (κ3) is 5.12. The van der Waals surface area contributed by atoms with Crippen LogP contribution in [-0.2, 0) is 0 Å². The van der Waals surface area contributed by atoms with E-state index in [4.69, 9.17) is 23.2 Å². The smallest absolute Gasteiger partial charge is 0.269 e. The molecule has 6 heteroatoms. The number of halogens is 2. The Morgan fingerprint density at radius 3 is 2.78 bits per heavy atom. The number of hydrogen-bond acceptors (Lipinski definition) is 3. The van der Waals surface area contributed by atoms with Gasteiger partial charge in [-0.3, -0.25) is 9.78 Å². The van der Waals surface area contributed by atoms with Crippen molar-refractivity contribution in [2.24, 2.45) is 5.92 Å². The molecular formula is C17H19Cl2N3O. The van der Waals surface area contributed by atoms with Crippen LogP contribution < -0.4 is 10.6 Å². The fourth-order valence-electron chi connectivity index (χ4n) is 1.95. The monoisotopic (exact) mass is 351 g/mol. The molecule has 4 nitrogen and oxygen atoms in total. The van der Waals surface area contributed by atoms with E-state index in [0.717, 1.165) is 12.1 Å². The van der Waals surface area contributed by atoms with Crippen molar-refractivity contribution in [3.8, 4) is 0 Å². The lowest BCUT2D eigenvalue weighted by atomic mass is 10.1. The summed E-state index contributed by atoms with van der Waals surface area (Å²) >= 11 is 12.2. The number of carbonyl (C=O) groups is 1. The molecule has 0 unspecified atom stereocenters. The number of aromatic nitrogens is 1. The maximum Gasteiger partial charge on any atom is 0.269 e. The Hall–Kier alpha value is -1.78. The van der Waals surface area contributed by atoms with Crippen molar-refractivity contribution in [2.45, 2.75) is 20.3 Å². The highest BCUT2D eigenvalue weighted by atomic mass is 35.5. The number of hydrogen-bond donors (Lipinski definition) is 2. The molecule has 0 radical (unpaired) electrons. The van der Waals surface area contributed by atoms with Crippen LogP contribution in [-0.4, -0.2) is 17.4 Å². The van der Waals surface area contributed by atoms with Gasteiger partial charge in [0.2, 0.25) is 0 Å². The van der Waals surface area contributed by atoms with Crippen molar-refractivity contribution in [2.75, 3.05) is 11.9 Å². The van der Waals surface area contributed by atoms with Crippen molar-refractivity contribution in [1.82, 2.24) is 10.3 Å². The number of pyridine rings is 1. The molecule has 0 aliphatic carbocycles. The van der Waals surface area contributed by atoms with E-state index in [1.807, 2.05) is 6.07 Å². The van der Waals surface area contributed by atoms with Crippen LogP contribution in [0.3, 0.4) is 0 Å². The predicted octanol–water partition coefficient (Wildman–Crippen LogP) is 4.91. The van der Waals surface area contributed by atoms with Gasteiger partial charge in [-0.15, -0.1) is 0 Å². The van der Waals surface area contributed by atoms with E-state index in [1.54, 1.807) is 30.5 Å². The van der Waals surface area contributed by atoms with E-state index in [-0.39, 0.29) is 5.91 Å². The summed E-state index contributed by atoms with van der Waals surface area (Å²) in [5, 5.41) is 6.92. The van der Waals surface area contributed by atoms with Crippen molar-refractivity contribution in [3.63, 3.8) is 0 Å². The molecule has 23 heavy (non-hydrogen) atoms. The van der Waals surface area contributed by atoms with Gasteiger partial charge in [-0.1, -0.05) is 43.1 Å². The van der Waals surface area contributed by atoms with Crippen molar-refractivity contribution >= 4 is 40.5 Å². The molecule has 2 rings (SSSR count). The first-order chi connectivity index (χ1) is 11.0. The first-order valence-electron chi connectivity index (χ1n) is 7.42. The Balaban J connectivity index is 2.07. The summed E-state index contributed by atoms with van der Waals surface area (Å²) in [5.41, 5.74) is 1.76. The average molecular weight is 352 g/mol. The number of benzene rings is 1. The zero-order valence-corrected chi connectivity index (χ0v) is 14.6. The first-order valence-corrected chi connectivity index (χ1v) is 8.18. The lowest BCUT2D eigenvalue weighted by Gasteiger charge is -2.11.